The number of carboxylic acid groups (broad SMARTS) is 1. The summed E-state index contributed by atoms with van der Waals surface area (Å²) >= 11 is 1.97. The molecule has 1 aromatic carbocycles. The van der Waals surface area contributed by atoms with Crippen molar-refractivity contribution in [2.45, 2.75) is 77.6 Å². The minimum absolute atomic E-state index is 0.138. The summed E-state index contributed by atoms with van der Waals surface area (Å²) in [6.45, 7) is 2.73. The number of carbonyl (C=O) groups excluding carboxylic acids is 1. The zero-order chi connectivity index (χ0) is 21.2. The fraction of sp³-hybridized carbons (Fsp3) is 0.652. The van der Waals surface area contributed by atoms with Gasteiger partial charge in [-0.2, -0.15) is 11.8 Å². The highest BCUT2D eigenvalue weighted by Crippen LogP contribution is 2.13. The number of carbonyl (C=O) groups is 2. The fourth-order valence-corrected chi connectivity index (χ4v) is 3.97. The first-order valence-electron chi connectivity index (χ1n) is 11.0. The molecule has 0 fully saturated rings. The van der Waals surface area contributed by atoms with Crippen LogP contribution >= 0.6 is 11.8 Å². The molecule has 0 bridgehead atoms. The number of benzene rings is 1. The van der Waals surface area contributed by atoms with Crippen LogP contribution in [0.4, 0.5) is 10.5 Å². The summed E-state index contributed by atoms with van der Waals surface area (Å²) in [7, 11) is 0. The lowest BCUT2D eigenvalue weighted by Crippen LogP contribution is -2.29. The van der Waals surface area contributed by atoms with Crippen LogP contribution in [0.3, 0.4) is 0 Å². The second-order valence-corrected chi connectivity index (χ2v) is 8.76. The molecule has 5 nitrogen and oxygen atoms in total. The van der Waals surface area contributed by atoms with Crippen LogP contribution in [-0.4, -0.2) is 35.2 Å². The number of nitrogens with one attached hydrogen (secondary N) is 2. The first kappa shape index (κ1) is 25.3. The molecule has 0 saturated heterocycles. The molecule has 0 heterocycles. The summed E-state index contributed by atoms with van der Waals surface area (Å²) < 4.78 is 0. The average molecular weight is 423 g/mol. The van der Waals surface area contributed by atoms with Crippen LogP contribution in [0.15, 0.2) is 24.3 Å². The van der Waals surface area contributed by atoms with Crippen LogP contribution < -0.4 is 10.6 Å². The molecule has 0 unspecified atom stereocenters. The molecule has 1 rings (SSSR count). The van der Waals surface area contributed by atoms with Crippen LogP contribution in [0, 0.1) is 6.92 Å². The molecule has 2 amide bonds. The van der Waals surface area contributed by atoms with Crippen LogP contribution in [0.5, 0.6) is 0 Å². The van der Waals surface area contributed by atoms with Crippen molar-refractivity contribution in [1.29, 1.82) is 0 Å². The molecule has 0 aliphatic heterocycles. The number of hydrogen-bond acceptors (Lipinski definition) is 3. The Morgan fingerprint density at radius 3 is 2.00 bits per heavy atom. The molecule has 3 N–H and O–H groups in total. The van der Waals surface area contributed by atoms with Crippen molar-refractivity contribution in [2.75, 3.05) is 23.4 Å². The summed E-state index contributed by atoms with van der Waals surface area (Å²) in [5.74, 6) is 1.61. The van der Waals surface area contributed by atoms with Gasteiger partial charge in [0, 0.05) is 18.7 Å². The van der Waals surface area contributed by atoms with Gasteiger partial charge in [-0.3, -0.25) is 4.79 Å². The number of unbranched alkanes of at least 4 members (excludes halogenated alkanes) is 8. The number of anilines is 1. The van der Waals surface area contributed by atoms with Gasteiger partial charge in [0.25, 0.3) is 0 Å². The Kier molecular flexibility index (Phi) is 15.0. The topological polar surface area (TPSA) is 78.4 Å². The minimum atomic E-state index is -0.678. The second kappa shape index (κ2) is 17.2. The normalized spacial score (nSPS) is 10.7. The first-order chi connectivity index (χ1) is 14.1. The van der Waals surface area contributed by atoms with E-state index in [2.05, 4.69) is 10.6 Å². The Bertz CT molecular complexity index is 564. The van der Waals surface area contributed by atoms with Gasteiger partial charge in [0.2, 0.25) is 0 Å². The van der Waals surface area contributed by atoms with E-state index in [1.54, 1.807) is 0 Å². The maximum Gasteiger partial charge on any atom is 0.319 e. The largest absolute Gasteiger partial charge is 0.481 e. The van der Waals surface area contributed by atoms with Crippen molar-refractivity contribution < 1.29 is 14.7 Å². The van der Waals surface area contributed by atoms with Gasteiger partial charge < -0.3 is 15.7 Å². The zero-order valence-corrected chi connectivity index (χ0v) is 18.7. The third kappa shape index (κ3) is 15.9. The van der Waals surface area contributed by atoms with Gasteiger partial charge in [-0.1, -0.05) is 62.6 Å². The smallest absolute Gasteiger partial charge is 0.319 e. The monoisotopic (exact) mass is 422 g/mol. The number of aryl methyl sites for hydroxylation is 1. The lowest BCUT2D eigenvalue weighted by molar-refractivity contribution is -0.137. The van der Waals surface area contributed by atoms with E-state index in [1.165, 1.54) is 56.3 Å². The predicted octanol–water partition coefficient (Wildman–Crippen LogP) is 6.23. The lowest BCUT2D eigenvalue weighted by atomic mass is 10.1. The highest BCUT2D eigenvalue weighted by atomic mass is 32.2. The summed E-state index contributed by atoms with van der Waals surface area (Å²) in [6, 6.07) is 7.65. The molecule has 0 aliphatic carbocycles. The van der Waals surface area contributed by atoms with Crippen LogP contribution in [-0.2, 0) is 4.79 Å². The number of aliphatic carboxylic acids is 1. The van der Waals surface area contributed by atoms with Crippen molar-refractivity contribution in [1.82, 2.24) is 5.32 Å². The summed E-state index contributed by atoms with van der Waals surface area (Å²) in [5.41, 5.74) is 2.00. The highest BCUT2D eigenvalue weighted by Gasteiger charge is 2.01. The molecule has 0 aliphatic rings. The Hall–Kier alpha value is -1.69. The Morgan fingerprint density at radius 1 is 0.828 bits per heavy atom. The van der Waals surface area contributed by atoms with Crippen molar-refractivity contribution >= 4 is 29.4 Å². The van der Waals surface area contributed by atoms with Gasteiger partial charge in [0.15, 0.2) is 0 Å². The molecule has 29 heavy (non-hydrogen) atoms. The molecule has 6 heteroatoms. The number of rotatable bonds is 17. The Balaban J connectivity index is 1.79. The maximum absolute atomic E-state index is 11.8. The number of amides is 2. The molecule has 0 spiro atoms. The molecular formula is C23H38N2O3S. The predicted molar refractivity (Wildman–Crippen MR) is 124 cm³/mol. The third-order valence-electron chi connectivity index (χ3n) is 4.74. The van der Waals surface area contributed by atoms with Gasteiger partial charge >= 0.3 is 12.0 Å². The van der Waals surface area contributed by atoms with Crippen molar-refractivity contribution in [3.63, 3.8) is 0 Å². The van der Waals surface area contributed by atoms with Crippen molar-refractivity contribution in [2.24, 2.45) is 0 Å². The summed E-state index contributed by atoms with van der Waals surface area (Å²) in [4.78, 5) is 22.2. The molecule has 1 aromatic rings. The van der Waals surface area contributed by atoms with Gasteiger partial charge in [-0.15, -0.1) is 0 Å². The molecule has 0 radical (unpaired) electrons. The summed E-state index contributed by atoms with van der Waals surface area (Å²) in [5, 5.41) is 14.3. The highest BCUT2D eigenvalue weighted by molar-refractivity contribution is 7.99. The number of carboxylic acids is 1. The number of urea groups is 1. The Labute approximate surface area is 180 Å². The number of hydrogen-bond donors (Lipinski definition) is 3. The lowest BCUT2D eigenvalue weighted by Gasteiger charge is -2.08. The van der Waals surface area contributed by atoms with E-state index in [9.17, 15) is 9.59 Å². The van der Waals surface area contributed by atoms with E-state index in [4.69, 9.17) is 5.11 Å². The minimum Gasteiger partial charge on any atom is -0.481 e. The van der Waals surface area contributed by atoms with E-state index in [1.807, 2.05) is 43.0 Å². The van der Waals surface area contributed by atoms with E-state index >= 15 is 0 Å². The van der Waals surface area contributed by atoms with E-state index in [0.717, 1.165) is 30.7 Å². The molecule has 164 valence electrons. The van der Waals surface area contributed by atoms with Gasteiger partial charge in [0.05, 0.1) is 0 Å². The zero-order valence-electron chi connectivity index (χ0n) is 17.9. The van der Waals surface area contributed by atoms with Crippen LogP contribution in [0.2, 0.25) is 0 Å². The van der Waals surface area contributed by atoms with E-state index in [-0.39, 0.29) is 6.03 Å². The quantitative estimate of drug-likeness (QED) is 0.260. The third-order valence-corrected chi connectivity index (χ3v) is 5.89. The first-order valence-corrected chi connectivity index (χ1v) is 12.1. The van der Waals surface area contributed by atoms with Gasteiger partial charge in [-0.25, -0.2) is 4.79 Å². The van der Waals surface area contributed by atoms with Gasteiger partial charge in [0.1, 0.15) is 0 Å². The fourth-order valence-electron chi connectivity index (χ4n) is 3.01. The second-order valence-electron chi connectivity index (χ2n) is 7.54. The standard InChI is InChI=1S/C23H38N2O3S/c1-20-13-15-21(16-14-20)25-23(28)24-17-11-19-29-18-10-8-6-4-2-3-5-7-9-12-22(26)27/h13-16H,2-12,17-19H2,1H3,(H,26,27)(H2,24,25,28). The van der Waals surface area contributed by atoms with E-state index in [0.29, 0.717) is 13.0 Å². The Morgan fingerprint density at radius 2 is 1.38 bits per heavy atom. The van der Waals surface area contributed by atoms with Crippen molar-refractivity contribution in [3.8, 4) is 0 Å². The van der Waals surface area contributed by atoms with Gasteiger partial charge in [-0.05, 0) is 49.8 Å². The van der Waals surface area contributed by atoms with Crippen LogP contribution in [0.25, 0.3) is 0 Å². The summed E-state index contributed by atoms with van der Waals surface area (Å²) in [6.07, 6.45) is 12.0. The van der Waals surface area contributed by atoms with Crippen LogP contribution in [0.1, 0.15) is 76.2 Å². The molecule has 0 aromatic heterocycles. The molecular weight excluding hydrogens is 384 g/mol. The molecule has 0 saturated carbocycles. The van der Waals surface area contributed by atoms with E-state index < -0.39 is 5.97 Å². The molecule has 0 atom stereocenters. The number of thioether (sulfide) groups is 1. The maximum atomic E-state index is 11.8. The van der Waals surface area contributed by atoms with Crippen molar-refractivity contribution in [3.05, 3.63) is 29.8 Å². The average Bonchev–Trinajstić information content (AvgIpc) is 2.69. The SMILES string of the molecule is Cc1ccc(NC(=O)NCCCSCCCCCCCCCCCC(=O)O)cc1.